The van der Waals surface area contributed by atoms with Crippen molar-refractivity contribution in [2.24, 2.45) is 0 Å². The molecule has 16 aromatic rings. The fourth-order valence-electron chi connectivity index (χ4n) is 12.7. The van der Waals surface area contributed by atoms with Gasteiger partial charge < -0.3 is 30.4 Å². The minimum absolute atomic E-state index is 0. The largest absolute Gasteiger partial charge is 0.512 e. The Labute approximate surface area is 824 Å². The van der Waals surface area contributed by atoms with Crippen LogP contribution in [0.3, 0.4) is 0 Å². The molecule has 0 fully saturated rings. The van der Waals surface area contributed by atoms with E-state index in [1.54, 1.807) is 0 Å². The first kappa shape index (κ1) is 109. The minimum Gasteiger partial charge on any atom is -0.512 e. The zero-order valence-electron chi connectivity index (χ0n) is 73.3. The van der Waals surface area contributed by atoms with Gasteiger partial charge in [-0.3, -0.25) is 44.1 Å². The molecular formula is C109H100Ir5N7O8-5. The Morgan fingerprint density at radius 1 is 0.302 bits per heavy atom. The summed E-state index contributed by atoms with van der Waals surface area (Å²) < 4.78 is 0. The first-order chi connectivity index (χ1) is 59.8. The molecule has 11 aromatic carbocycles. The molecule has 1 aliphatic carbocycles. The smallest absolute Gasteiger partial charge is 0.155 e. The van der Waals surface area contributed by atoms with Crippen LogP contribution >= 0.6 is 0 Å². The Hall–Kier alpha value is -11.8. The first-order valence-corrected chi connectivity index (χ1v) is 40.5. The number of benzene rings is 11. The summed E-state index contributed by atoms with van der Waals surface area (Å²) in [6.45, 7) is 18.0. The predicted octanol–water partition coefficient (Wildman–Crippen LogP) is 25.8. The second kappa shape index (κ2) is 57.2. The minimum atomic E-state index is -0.125. The van der Waals surface area contributed by atoms with Crippen LogP contribution in [0.1, 0.15) is 106 Å². The SMILES string of the molecule is CC(=O)C=C(C)O.CC(=O)C=C(C)O.CC(=O)C=C(C)O.CC(=O)C=C(C)O.CC(C)(C)c1c[c-]c(-c2nccc3ccccc23)cc1.[Ir].[Ir].[Ir].[Ir].[Ir].[c-]1ccccc1-c1ccc2ccccc2n1.[c-]1ccccc1-c1nc2c(nc1-c1ccccc1)CCCC2.[c-]1ccccc1-c1nc2ccccc2nc1-c1ccccc1.[c-]1ccccc1-c1nccc2ccccc12. The Bertz CT molecular complexity index is 6040. The molecule has 0 aliphatic heterocycles. The summed E-state index contributed by atoms with van der Waals surface area (Å²) in [7, 11) is 0. The zero-order valence-corrected chi connectivity index (χ0v) is 85.3. The van der Waals surface area contributed by atoms with Crippen LogP contribution in [0.5, 0.6) is 0 Å². The number of aliphatic hydroxyl groups excluding tert-OH is 4. The molecule has 0 amide bonds. The van der Waals surface area contributed by atoms with Crippen molar-refractivity contribution in [3.8, 4) is 78.8 Å². The Kier molecular flexibility index (Phi) is 48.5. The molecule has 5 heterocycles. The zero-order chi connectivity index (χ0) is 88.8. The van der Waals surface area contributed by atoms with Crippen molar-refractivity contribution in [3.63, 3.8) is 0 Å². The van der Waals surface area contributed by atoms with Crippen LogP contribution in [0.2, 0.25) is 0 Å². The Morgan fingerprint density at radius 3 is 0.992 bits per heavy atom. The number of carbonyl (C=O) groups is 4. The Morgan fingerprint density at radius 2 is 0.628 bits per heavy atom. The van der Waals surface area contributed by atoms with Gasteiger partial charge in [0.25, 0.3) is 0 Å². The molecule has 15 nitrogen and oxygen atoms in total. The summed E-state index contributed by atoms with van der Waals surface area (Å²) in [5.41, 5.74) is 20.6. The van der Waals surface area contributed by atoms with Gasteiger partial charge in [-0.05, 0) is 172 Å². The van der Waals surface area contributed by atoms with Gasteiger partial charge in [-0.2, -0.15) is 0 Å². The average molecular weight is 2600 g/mol. The van der Waals surface area contributed by atoms with Gasteiger partial charge in [0.05, 0.1) is 62.4 Å². The number of allylic oxidation sites excluding steroid dienone is 8. The molecule has 5 radical (unpaired) electrons. The van der Waals surface area contributed by atoms with Gasteiger partial charge in [0, 0.05) is 149 Å². The number of fused-ring (bicyclic) bond motifs is 5. The van der Waals surface area contributed by atoms with Crippen molar-refractivity contribution in [1.82, 2.24) is 34.9 Å². The van der Waals surface area contributed by atoms with Crippen molar-refractivity contribution < 1.29 is 140 Å². The number of hydrogen-bond donors (Lipinski definition) is 4. The molecule has 1 aliphatic rings. The van der Waals surface area contributed by atoms with Gasteiger partial charge in [0.1, 0.15) is 0 Å². The van der Waals surface area contributed by atoms with E-state index in [0.29, 0.717) is 0 Å². The van der Waals surface area contributed by atoms with Crippen molar-refractivity contribution in [1.29, 1.82) is 0 Å². The van der Waals surface area contributed by atoms with E-state index in [1.807, 2.05) is 200 Å². The van der Waals surface area contributed by atoms with Crippen LogP contribution in [0.4, 0.5) is 0 Å². The van der Waals surface area contributed by atoms with Gasteiger partial charge in [-0.1, -0.05) is 172 Å². The first-order valence-electron chi connectivity index (χ1n) is 40.5. The molecule has 669 valence electrons. The number of rotatable bonds is 11. The van der Waals surface area contributed by atoms with Crippen LogP contribution in [0.25, 0.3) is 122 Å². The summed E-state index contributed by atoms with van der Waals surface area (Å²) in [4.78, 5) is 73.3. The summed E-state index contributed by atoms with van der Waals surface area (Å²) in [6, 6.07) is 116. The monoisotopic (exact) mass is 2600 g/mol. The number of hydrogen-bond acceptors (Lipinski definition) is 15. The number of carbonyl (C=O) groups excluding carboxylic acids is 4. The molecule has 0 bridgehead atoms. The number of aryl methyl sites for hydroxylation is 2. The average Bonchev–Trinajstić information content (AvgIpc) is 0.781. The third-order valence-electron chi connectivity index (χ3n) is 18.2. The third-order valence-corrected chi connectivity index (χ3v) is 18.2. The number of ketones is 4. The van der Waals surface area contributed by atoms with Gasteiger partial charge in [0.2, 0.25) is 0 Å². The van der Waals surface area contributed by atoms with Crippen molar-refractivity contribution in [3.05, 3.63) is 404 Å². The second-order valence-corrected chi connectivity index (χ2v) is 29.7. The summed E-state index contributed by atoms with van der Waals surface area (Å²) in [6.07, 6.45) is 12.9. The molecule has 20 heteroatoms. The van der Waals surface area contributed by atoms with E-state index in [2.05, 4.69) is 175 Å². The van der Waals surface area contributed by atoms with Crippen molar-refractivity contribution in [2.45, 2.75) is 107 Å². The maximum Gasteiger partial charge on any atom is 0.155 e. The van der Waals surface area contributed by atoms with Crippen LogP contribution in [-0.2, 0) is 138 Å². The molecule has 129 heavy (non-hydrogen) atoms. The van der Waals surface area contributed by atoms with E-state index in [1.165, 1.54) is 131 Å². The number of pyridine rings is 3. The van der Waals surface area contributed by atoms with Crippen molar-refractivity contribution in [2.75, 3.05) is 0 Å². The molecule has 0 saturated heterocycles. The molecule has 5 aromatic heterocycles. The topological polar surface area (TPSA) is 239 Å². The van der Waals surface area contributed by atoms with E-state index in [4.69, 9.17) is 40.4 Å². The fraction of sp³-hybridized carbons (Fsp3) is 0.147. The van der Waals surface area contributed by atoms with Crippen LogP contribution in [0, 0.1) is 30.3 Å². The van der Waals surface area contributed by atoms with Gasteiger partial charge in [-0.25, -0.2) is 0 Å². The van der Waals surface area contributed by atoms with Crippen LogP contribution < -0.4 is 0 Å². The van der Waals surface area contributed by atoms with Gasteiger partial charge in [-0.15, -0.1) is 179 Å². The van der Waals surface area contributed by atoms with E-state index >= 15 is 0 Å². The molecule has 4 N–H and O–H groups in total. The van der Waals surface area contributed by atoms with E-state index < -0.39 is 0 Å². The molecule has 17 rings (SSSR count). The van der Waals surface area contributed by atoms with Crippen LogP contribution in [-0.4, -0.2) is 78.4 Å². The Balaban J connectivity index is 0.000000313. The maximum atomic E-state index is 10.0. The summed E-state index contributed by atoms with van der Waals surface area (Å²) in [5, 5.41) is 39.4. The molecule has 0 spiro atoms. The molecular weight excluding hydrogens is 2500 g/mol. The molecule has 0 saturated carbocycles. The normalized spacial score (nSPS) is 11.1. The third kappa shape index (κ3) is 36.3. The maximum absolute atomic E-state index is 10.0. The quantitative estimate of drug-likeness (QED) is 0.0535. The van der Waals surface area contributed by atoms with E-state index in [-0.39, 0.29) is 152 Å². The summed E-state index contributed by atoms with van der Waals surface area (Å²) >= 11 is 0. The molecule has 0 unspecified atom stereocenters. The van der Waals surface area contributed by atoms with Gasteiger partial charge >= 0.3 is 0 Å². The second-order valence-electron chi connectivity index (χ2n) is 29.7. The molecule has 0 atom stereocenters. The van der Waals surface area contributed by atoms with E-state index in [9.17, 15) is 19.2 Å². The number of para-hydroxylation sites is 3. The number of aliphatic hydroxyl groups is 4. The number of aromatic nitrogens is 7. The van der Waals surface area contributed by atoms with Crippen LogP contribution in [0.15, 0.2) is 357 Å². The predicted molar refractivity (Wildman–Crippen MR) is 503 cm³/mol. The standard InChI is InChI=1S/C20H17N2.C20H13N2.C19H18N.2C15H10N.4C5H8O2.5Ir/c2*1-3-9-15(10-4-1)19-20(16-11-5-2-6-12-16)22-18-14-8-7-13-17(18)21-19;1-19(2,3)16-10-8-15(9-11-16)18-17-7-5-4-6-14(17)12-13-20-18;1-2-7-13(8-3-1)15-14-9-5-4-6-12(14)10-11-16-15;1-2-6-12(7-3-1)15-11-10-13-8-4-5-9-14(13)16-15;4*1-4(6)3-5(2)7;;;;;/h1-6,9-11H,7-8,13-14H2;1-11,13-14H;4-8,10-13H,1-3H3;1-7,9-11H;1-6,8-11H;4*3,6H,1-2H3;;;;;/q5*-1;;;;;;;;;. The van der Waals surface area contributed by atoms with Gasteiger partial charge in [0.15, 0.2) is 23.1 Å². The van der Waals surface area contributed by atoms with Crippen molar-refractivity contribution >= 4 is 66.6 Å². The number of nitrogens with zero attached hydrogens (tertiary/aromatic N) is 7. The fourth-order valence-corrected chi connectivity index (χ4v) is 12.7. The van der Waals surface area contributed by atoms with E-state index in [0.717, 1.165) is 114 Å². The summed E-state index contributed by atoms with van der Waals surface area (Å²) in [5.74, 6) is -0.250.